The van der Waals surface area contributed by atoms with Crippen LogP contribution in [-0.4, -0.2) is 9.13 Å². The molecule has 0 atom stereocenters. The Hall–Kier alpha value is -7.66. The van der Waals surface area contributed by atoms with E-state index in [1.807, 2.05) is 24.3 Å². The molecule has 0 N–H and O–H groups in total. The maximum Gasteiger partial charge on any atom is 0.195 e. The van der Waals surface area contributed by atoms with Crippen molar-refractivity contribution in [3.63, 3.8) is 0 Å². The first-order valence-electron chi connectivity index (χ1n) is 17.9. The Morgan fingerprint density at radius 3 is 1.61 bits per heavy atom. The number of aromatic nitrogens is 2. The van der Waals surface area contributed by atoms with Crippen LogP contribution in [0.2, 0.25) is 0 Å². The standard InChI is InChI=1S/C50H30N4/c1-52-46-24-21-33(32-51)27-41(46)45-31-39(30-44-40-19-11-12-20-47(40)54(50(44)45)38-17-9-4-10-18-38)53-48-25-22-36(34-13-5-2-6-14-34)28-42(48)43-29-37(23-26-49(43)53)35-15-7-3-8-16-35/h2-31H. The zero-order chi connectivity index (χ0) is 36.2. The van der Waals surface area contributed by atoms with Crippen LogP contribution in [0.5, 0.6) is 0 Å². The van der Waals surface area contributed by atoms with Crippen molar-refractivity contribution in [2.45, 2.75) is 0 Å². The summed E-state index contributed by atoms with van der Waals surface area (Å²) < 4.78 is 4.65. The molecule has 0 amide bonds. The van der Waals surface area contributed by atoms with E-state index < -0.39 is 0 Å². The van der Waals surface area contributed by atoms with Crippen molar-refractivity contribution < 1.29 is 0 Å². The fraction of sp³-hybridized carbons (Fsp3) is 0. The number of hydrogen-bond acceptors (Lipinski definition) is 1. The van der Waals surface area contributed by atoms with E-state index in [-0.39, 0.29) is 0 Å². The molecule has 54 heavy (non-hydrogen) atoms. The highest BCUT2D eigenvalue weighted by atomic mass is 15.0. The Morgan fingerprint density at radius 1 is 0.426 bits per heavy atom. The quantitative estimate of drug-likeness (QED) is 0.166. The lowest BCUT2D eigenvalue weighted by molar-refractivity contribution is 1.17. The van der Waals surface area contributed by atoms with Crippen molar-refractivity contribution in [2.75, 3.05) is 0 Å². The van der Waals surface area contributed by atoms with Crippen molar-refractivity contribution in [3.8, 4) is 50.8 Å². The summed E-state index contributed by atoms with van der Waals surface area (Å²) in [6.07, 6.45) is 0. The molecule has 0 bridgehead atoms. The molecule has 4 nitrogen and oxygen atoms in total. The molecule has 250 valence electrons. The van der Waals surface area contributed by atoms with Gasteiger partial charge >= 0.3 is 0 Å². The van der Waals surface area contributed by atoms with E-state index >= 15 is 0 Å². The minimum Gasteiger partial charge on any atom is -0.309 e. The minimum atomic E-state index is 0.500. The first-order chi connectivity index (χ1) is 26.7. The zero-order valence-electron chi connectivity index (χ0n) is 29.1. The lowest BCUT2D eigenvalue weighted by Crippen LogP contribution is -1.99. The summed E-state index contributed by atoms with van der Waals surface area (Å²) in [5.41, 5.74) is 13.5. The molecule has 0 unspecified atom stereocenters. The summed E-state index contributed by atoms with van der Waals surface area (Å²) in [4.78, 5) is 3.98. The van der Waals surface area contributed by atoms with E-state index in [2.05, 4.69) is 166 Å². The lowest BCUT2D eigenvalue weighted by Gasteiger charge is -2.16. The van der Waals surface area contributed by atoms with E-state index in [0.29, 0.717) is 11.3 Å². The minimum absolute atomic E-state index is 0.500. The van der Waals surface area contributed by atoms with Gasteiger partial charge in [-0.25, -0.2) is 4.85 Å². The van der Waals surface area contributed by atoms with Crippen LogP contribution in [0.25, 0.3) is 93.2 Å². The Morgan fingerprint density at radius 2 is 1.00 bits per heavy atom. The number of hydrogen-bond donors (Lipinski definition) is 0. The average molecular weight is 687 g/mol. The first-order valence-corrected chi connectivity index (χ1v) is 17.9. The molecule has 0 fully saturated rings. The third-order valence-corrected chi connectivity index (χ3v) is 10.5. The molecule has 0 saturated heterocycles. The van der Waals surface area contributed by atoms with E-state index in [1.165, 1.54) is 11.1 Å². The van der Waals surface area contributed by atoms with Crippen LogP contribution in [0, 0.1) is 17.9 Å². The van der Waals surface area contributed by atoms with Crippen molar-refractivity contribution >= 4 is 49.3 Å². The highest BCUT2D eigenvalue weighted by Crippen LogP contribution is 2.45. The number of para-hydroxylation sites is 2. The number of nitrogens with zero attached hydrogens (tertiary/aromatic N) is 4. The number of benzene rings is 8. The molecule has 0 saturated carbocycles. The monoisotopic (exact) mass is 686 g/mol. The van der Waals surface area contributed by atoms with Gasteiger partial charge in [-0.1, -0.05) is 121 Å². The molecule has 8 aromatic carbocycles. The predicted octanol–water partition coefficient (Wildman–Crippen LogP) is 13.3. The molecule has 0 aliphatic heterocycles. The van der Waals surface area contributed by atoms with Crippen LogP contribution in [0.15, 0.2) is 182 Å². The van der Waals surface area contributed by atoms with E-state index in [9.17, 15) is 5.26 Å². The van der Waals surface area contributed by atoms with E-state index in [4.69, 9.17) is 6.57 Å². The summed E-state index contributed by atoms with van der Waals surface area (Å²) in [5.74, 6) is 0. The maximum absolute atomic E-state index is 10.0. The number of nitriles is 1. The fourth-order valence-corrected chi connectivity index (χ4v) is 8.10. The molecule has 10 aromatic rings. The van der Waals surface area contributed by atoms with Crippen LogP contribution in [0.3, 0.4) is 0 Å². The molecule has 0 radical (unpaired) electrons. The fourth-order valence-electron chi connectivity index (χ4n) is 8.10. The van der Waals surface area contributed by atoms with Gasteiger partial charge in [0, 0.05) is 32.9 Å². The summed E-state index contributed by atoms with van der Waals surface area (Å²) in [7, 11) is 0. The normalized spacial score (nSPS) is 11.3. The molecular weight excluding hydrogens is 657 g/mol. The van der Waals surface area contributed by atoms with Gasteiger partial charge in [0.05, 0.1) is 40.3 Å². The molecule has 2 heterocycles. The second-order valence-corrected chi connectivity index (χ2v) is 13.6. The molecule has 0 spiro atoms. The summed E-state index contributed by atoms with van der Waals surface area (Å²) in [6.45, 7) is 8.22. The van der Waals surface area contributed by atoms with Gasteiger partial charge in [0.25, 0.3) is 0 Å². The lowest BCUT2D eigenvalue weighted by atomic mass is 9.97. The summed E-state index contributed by atoms with van der Waals surface area (Å²) >= 11 is 0. The second kappa shape index (κ2) is 12.5. The Bertz CT molecular complexity index is 3060. The third kappa shape index (κ3) is 4.90. The maximum atomic E-state index is 10.0. The molecular formula is C50H30N4. The van der Waals surface area contributed by atoms with Crippen LogP contribution in [0.1, 0.15) is 5.56 Å². The SMILES string of the molecule is [C-]#[N+]c1ccc(C#N)cc1-c1cc(-n2c3ccc(-c4ccccc4)cc3c3cc(-c4ccccc4)ccc32)cc2c3ccccc3n(-c3ccccc3)c12. The van der Waals surface area contributed by atoms with Crippen molar-refractivity contribution in [2.24, 2.45) is 0 Å². The second-order valence-electron chi connectivity index (χ2n) is 13.6. The first kappa shape index (κ1) is 31.1. The third-order valence-electron chi connectivity index (χ3n) is 10.5. The molecule has 4 heteroatoms. The number of fused-ring (bicyclic) bond motifs is 6. The van der Waals surface area contributed by atoms with Crippen LogP contribution in [-0.2, 0) is 0 Å². The number of rotatable bonds is 5. The van der Waals surface area contributed by atoms with Crippen molar-refractivity contribution in [3.05, 3.63) is 199 Å². The van der Waals surface area contributed by atoms with Gasteiger partial charge in [0.15, 0.2) is 5.69 Å². The molecule has 2 aromatic heterocycles. The smallest absolute Gasteiger partial charge is 0.195 e. The predicted molar refractivity (Wildman–Crippen MR) is 222 cm³/mol. The van der Waals surface area contributed by atoms with Crippen LogP contribution < -0.4 is 0 Å². The molecule has 10 rings (SSSR count). The summed E-state index contributed by atoms with van der Waals surface area (Å²) in [5, 5.41) is 14.5. The van der Waals surface area contributed by atoms with E-state index in [0.717, 1.165) is 77.2 Å². The largest absolute Gasteiger partial charge is 0.309 e. The Balaban J connectivity index is 1.35. The van der Waals surface area contributed by atoms with Gasteiger partial charge < -0.3 is 9.13 Å². The zero-order valence-corrected chi connectivity index (χ0v) is 29.1. The highest BCUT2D eigenvalue weighted by Gasteiger charge is 2.22. The van der Waals surface area contributed by atoms with Gasteiger partial charge in [0.2, 0.25) is 0 Å². The molecule has 0 aliphatic rings. The van der Waals surface area contributed by atoms with Crippen molar-refractivity contribution in [1.29, 1.82) is 5.26 Å². The summed E-state index contributed by atoms with van der Waals surface area (Å²) in [6, 6.07) is 65.6. The average Bonchev–Trinajstić information content (AvgIpc) is 3.76. The Kier molecular flexibility index (Phi) is 7.22. The van der Waals surface area contributed by atoms with Gasteiger partial charge in [0.1, 0.15) is 0 Å². The van der Waals surface area contributed by atoms with Crippen LogP contribution in [0.4, 0.5) is 5.69 Å². The van der Waals surface area contributed by atoms with Crippen molar-refractivity contribution in [1.82, 2.24) is 9.13 Å². The van der Waals surface area contributed by atoms with E-state index in [1.54, 1.807) is 12.1 Å². The topological polar surface area (TPSA) is 38.0 Å². The van der Waals surface area contributed by atoms with Gasteiger partial charge in [-0.2, -0.15) is 5.26 Å². The van der Waals surface area contributed by atoms with Crippen LogP contribution >= 0.6 is 0 Å². The van der Waals surface area contributed by atoms with Gasteiger partial charge in [-0.3, -0.25) is 0 Å². The molecule has 0 aliphatic carbocycles. The Labute approximate surface area is 312 Å². The van der Waals surface area contributed by atoms with Gasteiger partial charge in [-0.05, 0) is 94.0 Å². The van der Waals surface area contributed by atoms with Gasteiger partial charge in [-0.15, -0.1) is 0 Å². The highest BCUT2D eigenvalue weighted by molar-refractivity contribution is 6.17.